The fraction of sp³-hybridized carbons (Fsp3) is 0.214. The van der Waals surface area contributed by atoms with E-state index in [1.54, 1.807) is 6.92 Å². The van der Waals surface area contributed by atoms with Gasteiger partial charge in [-0.1, -0.05) is 23.7 Å². The van der Waals surface area contributed by atoms with Crippen LogP contribution in [0.1, 0.15) is 18.1 Å². The Morgan fingerprint density at radius 3 is 2.95 bits per heavy atom. The molecule has 0 saturated heterocycles. The number of amides is 1. The van der Waals surface area contributed by atoms with Crippen LogP contribution >= 0.6 is 11.6 Å². The van der Waals surface area contributed by atoms with Crippen molar-refractivity contribution >= 4 is 34.6 Å². The highest BCUT2D eigenvalue weighted by Gasteiger charge is 2.08. The molecular formula is C14H16ClN4O+. The van der Waals surface area contributed by atoms with Crippen molar-refractivity contribution in [2.45, 2.75) is 19.9 Å². The number of halogens is 1. The van der Waals surface area contributed by atoms with Gasteiger partial charge in [0, 0.05) is 10.9 Å². The van der Waals surface area contributed by atoms with Crippen molar-refractivity contribution in [3.8, 4) is 0 Å². The molecule has 0 aliphatic heterocycles. The second-order valence-electron chi connectivity index (χ2n) is 4.70. The number of aromatic nitrogens is 1. The fourth-order valence-electron chi connectivity index (χ4n) is 1.64. The van der Waals surface area contributed by atoms with Gasteiger partial charge in [-0.15, -0.1) is 0 Å². The number of hydrogen-bond acceptors (Lipinski definition) is 3. The molecule has 0 bridgehead atoms. The summed E-state index contributed by atoms with van der Waals surface area (Å²) in [5, 5.41) is 5.18. The molecule has 0 spiro atoms. The summed E-state index contributed by atoms with van der Waals surface area (Å²) in [5.41, 5.74) is 8.62. The zero-order chi connectivity index (χ0) is 14.7. The van der Waals surface area contributed by atoms with Gasteiger partial charge in [0.15, 0.2) is 6.04 Å². The quantitative estimate of drug-likeness (QED) is 0.507. The number of fused-ring (bicyclic) bond motifs is 1. The molecule has 1 atom stereocenters. The van der Waals surface area contributed by atoms with Crippen molar-refractivity contribution < 1.29 is 10.5 Å². The van der Waals surface area contributed by atoms with Gasteiger partial charge in [-0.25, -0.2) is 10.4 Å². The maximum Gasteiger partial charge on any atom is 0.297 e. The predicted octanol–water partition coefficient (Wildman–Crippen LogP) is 1.28. The minimum atomic E-state index is -0.361. The average Bonchev–Trinajstić information content (AvgIpc) is 2.39. The monoisotopic (exact) mass is 291 g/mol. The standard InChI is InChI=1S/C14H15ClN4O/c1-8-3-4-10-6-11(13(15)18-12(10)5-8)7-17-19-14(20)9(2)16/h3-7,9H,16H2,1-2H3,(H,19,20)/p+1/b17-7-/t9-/m1/s1. The van der Waals surface area contributed by atoms with E-state index in [1.165, 1.54) is 6.21 Å². The van der Waals surface area contributed by atoms with Gasteiger partial charge in [0.05, 0.1) is 11.7 Å². The minimum absolute atomic E-state index is 0.248. The molecule has 0 fully saturated rings. The smallest absolute Gasteiger partial charge is 0.297 e. The summed E-state index contributed by atoms with van der Waals surface area (Å²) in [6.07, 6.45) is 1.48. The van der Waals surface area contributed by atoms with E-state index in [0.717, 1.165) is 16.5 Å². The van der Waals surface area contributed by atoms with E-state index in [0.29, 0.717) is 10.7 Å². The Balaban J connectivity index is 2.26. The van der Waals surface area contributed by atoms with E-state index in [4.69, 9.17) is 11.6 Å². The Hall–Kier alpha value is -1.98. The first-order valence-corrected chi connectivity index (χ1v) is 6.58. The minimum Gasteiger partial charge on any atom is -0.348 e. The molecule has 1 amide bonds. The van der Waals surface area contributed by atoms with E-state index in [2.05, 4.69) is 21.2 Å². The van der Waals surface area contributed by atoms with Gasteiger partial charge in [0.25, 0.3) is 5.91 Å². The summed E-state index contributed by atoms with van der Waals surface area (Å²) in [6.45, 7) is 3.69. The lowest BCUT2D eigenvalue weighted by Gasteiger charge is -2.03. The van der Waals surface area contributed by atoms with Crippen molar-refractivity contribution in [3.05, 3.63) is 40.5 Å². The second-order valence-corrected chi connectivity index (χ2v) is 5.06. The molecule has 20 heavy (non-hydrogen) atoms. The number of hydrogen-bond donors (Lipinski definition) is 2. The third-order valence-corrected chi connectivity index (χ3v) is 3.08. The molecule has 0 unspecified atom stereocenters. The molecule has 6 heteroatoms. The van der Waals surface area contributed by atoms with Gasteiger partial charge in [-0.05, 0) is 31.5 Å². The molecule has 2 rings (SSSR count). The SMILES string of the molecule is Cc1ccc2cc(/C=N\NC(=O)[C@@H](C)[NH3+])c(Cl)nc2c1. The van der Waals surface area contributed by atoms with Crippen molar-refractivity contribution in [1.82, 2.24) is 10.4 Å². The van der Waals surface area contributed by atoms with Crippen LogP contribution in [0.4, 0.5) is 0 Å². The predicted molar refractivity (Wildman–Crippen MR) is 79.6 cm³/mol. The topological polar surface area (TPSA) is 82.0 Å². The molecule has 5 nitrogen and oxygen atoms in total. The van der Waals surface area contributed by atoms with Crippen LogP contribution in [0.15, 0.2) is 29.4 Å². The molecule has 0 radical (unpaired) electrons. The van der Waals surface area contributed by atoms with E-state index >= 15 is 0 Å². The van der Waals surface area contributed by atoms with Crippen LogP contribution in [0.3, 0.4) is 0 Å². The van der Waals surface area contributed by atoms with Gasteiger partial charge >= 0.3 is 0 Å². The number of carbonyl (C=O) groups excluding carboxylic acids is 1. The summed E-state index contributed by atoms with van der Waals surface area (Å²) in [6, 6.07) is 7.47. The van der Waals surface area contributed by atoms with Gasteiger partial charge in [0.1, 0.15) is 5.15 Å². The number of carbonyl (C=O) groups is 1. The molecule has 104 valence electrons. The zero-order valence-corrected chi connectivity index (χ0v) is 12.1. The normalized spacial score (nSPS) is 12.8. The zero-order valence-electron chi connectivity index (χ0n) is 11.4. The van der Waals surface area contributed by atoms with Gasteiger partial charge < -0.3 is 5.73 Å². The van der Waals surface area contributed by atoms with E-state index < -0.39 is 0 Å². The first-order chi connectivity index (χ1) is 9.47. The fourth-order valence-corrected chi connectivity index (χ4v) is 1.83. The maximum atomic E-state index is 11.3. The molecule has 1 aromatic carbocycles. The van der Waals surface area contributed by atoms with Crippen molar-refractivity contribution in [2.24, 2.45) is 5.10 Å². The van der Waals surface area contributed by atoms with Gasteiger partial charge in [0.2, 0.25) is 0 Å². The second kappa shape index (κ2) is 5.98. The number of nitrogens with one attached hydrogen (secondary N) is 1. The Morgan fingerprint density at radius 1 is 1.50 bits per heavy atom. The lowest BCUT2D eigenvalue weighted by atomic mass is 10.1. The van der Waals surface area contributed by atoms with E-state index in [-0.39, 0.29) is 11.9 Å². The summed E-state index contributed by atoms with van der Waals surface area (Å²) >= 11 is 6.11. The van der Waals surface area contributed by atoms with Crippen LogP contribution in [0.5, 0.6) is 0 Å². The summed E-state index contributed by atoms with van der Waals surface area (Å²) in [4.78, 5) is 15.7. The molecule has 2 aromatic rings. The first-order valence-electron chi connectivity index (χ1n) is 6.20. The van der Waals surface area contributed by atoms with Crippen LogP contribution in [0.2, 0.25) is 5.15 Å². The lowest BCUT2D eigenvalue weighted by Crippen LogP contribution is -2.65. The molecule has 4 N–H and O–H groups in total. The van der Waals surface area contributed by atoms with Crippen LogP contribution in [-0.4, -0.2) is 23.1 Å². The summed E-state index contributed by atoms with van der Waals surface area (Å²) in [7, 11) is 0. The highest BCUT2D eigenvalue weighted by Crippen LogP contribution is 2.20. The number of hydrazone groups is 1. The Kier molecular flexibility index (Phi) is 4.32. The summed E-state index contributed by atoms with van der Waals surface area (Å²) in [5.74, 6) is -0.248. The molecule has 0 aliphatic carbocycles. The highest BCUT2D eigenvalue weighted by atomic mass is 35.5. The van der Waals surface area contributed by atoms with Crippen molar-refractivity contribution in [3.63, 3.8) is 0 Å². The Morgan fingerprint density at radius 2 is 2.25 bits per heavy atom. The maximum absolute atomic E-state index is 11.3. The Bertz CT molecular complexity index is 682. The third-order valence-electron chi connectivity index (χ3n) is 2.78. The van der Waals surface area contributed by atoms with Crippen LogP contribution in [-0.2, 0) is 4.79 Å². The van der Waals surface area contributed by atoms with E-state index in [9.17, 15) is 4.79 Å². The van der Waals surface area contributed by atoms with E-state index in [1.807, 2.05) is 31.2 Å². The number of nitrogens with zero attached hydrogens (tertiary/aromatic N) is 2. The number of rotatable bonds is 3. The number of quaternary nitrogens is 1. The molecule has 0 aliphatic rings. The largest absolute Gasteiger partial charge is 0.348 e. The first kappa shape index (κ1) is 14.4. The Labute approximate surface area is 121 Å². The van der Waals surface area contributed by atoms with Crippen LogP contribution in [0, 0.1) is 6.92 Å². The van der Waals surface area contributed by atoms with Gasteiger partial charge in [-0.3, -0.25) is 4.79 Å². The molecule has 1 aromatic heterocycles. The lowest BCUT2D eigenvalue weighted by molar-refractivity contribution is -0.398. The molecular weight excluding hydrogens is 276 g/mol. The highest BCUT2D eigenvalue weighted by molar-refractivity contribution is 6.32. The average molecular weight is 292 g/mol. The summed E-state index contributed by atoms with van der Waals surface area (Å²) < 4.78 is 0. The third kappa shape index (κ3) is 3.31. The number of aryl methyl sites for hydroxylation is 1. The van der Waals surface area contributed by atoms with Crippen LogP contribution < -0.4 is 11.2 Å². The van der Waals surface area contributed by atoms with Crippen LogP contribution in [0.25, 0.3) is 10.9 Å². The molecule has 0 saturated carbocycles. The number of benzene rings is 1. The van der Waals surface area contributed by atoms with Crippen molar-refractivity contribution in [2.75, 3.05) is 0 Å². The van der Waals surface area contributed by atoms with Gasteiger partial charge in [-0.2, -0.15) is 5.10 Å². The number of pyridine rings is 1. The molecule has 1 heterocycles. The van der Waals surface area contributed by atoms with Crippen molar-refractivity contribution in [1.29, 1.82) is 0 Å².